The molecular formula is C12H17N3O. The summed E-state index contributed by atoms with van der Waals surface area (Å²) in [6.07, 6.45) is 6.62. The minimum atomic E-state index is 0.00662. The van der Waals surface area contributed by atoms with Gasteiger partial charge in [-0.05, 0) is 33.1 Å². The summed E-state index contributed by atoms with van der Waals surface area (Å²) in [4.78, 5) is 12.0. The maximum atomic E-state index is 12.0. The molecule has 1 aromatic heterocycles. The lowest BCUT2D eigenvalue weighted by Crippen LogP contribution is -2.27. The number of aromatic amines is 1. The van der Waals surface area contributed by atoms with Crippen LogP contribution < -0.4 is 5.32 Å². The molecule has 2 rings (SSSR count). The molecule has 1 aliphatic rings. The SMILES string of the molecule is CC1=C(C(=O)NC(C)c2cn[nH]c2)CCC1. The van der Waals surface area contributed by atoms with Gasteiger partial charge in [-0.25, -0.2) is 0 Å². The third kappa shape index (κ3) is 2.15. The summed E-state index contributed by atoms with van der Waals surface area (Å²) < 4.78 is 0. The van der Waals surface area contributed by atoms with E-state index < -0.39 is 0 Å². The monoisotopic (exact) mass is 219 g/mol. The number of H-pyrrole nitrogens is 1. The topological polar surface area (TPSA) is 57.8 Å². The van der Waals surface area contributed by atoms with Crippen LogP contribution in [0.25, 0.3) is 0 Å². The van der Waals surface area contributed by atoms with Crippen LogP contribution in [0, 0.1) is 0 Å². The van der Waals surface area contributed by atoms with Crippen molar-refractivity contribution in [3.05, 3.63) is 29.1 Å². The molecule has 0 saturated heterocycles. The van der Waals surface area contributed by atoms with Crippen LogP contribution in [0.4, 0.5) is 0 Å². The van der Waals surface area contributed by atoms with Crippen LogP contribution >= 0.6 is 0 Å². The first kappa shape index (κ1) is 10.9. The highest BCUT2D eigenvalue weighted by Crippen LogP contribution is 2.26. The quantitative estimate of drug-likeness (QED) is 0.817. The number of amides is 1. The minimum absolute atomic E-state index is 0.00662. The molecule has 0 radical (unpaired) electrons. The van der Waals surface area contributed by atoms with Gasteiger partial charge >= 0.3 is 0 Å². The molecular weight excluding hydrogens is 202 g/mol. The van der Waals surface area contributed by atoms with E-state index in [1.54, 1.807) is 12.4 Å². The number of carbonyl (C=O) groups excluding carboxylic acids is 1. The first-order valence-electron chi connectivity index (χ1n) is 5.66. The van der Waals surface area contributed by atoms with Gasteiger partial charge in [0.2, 0.25) is 5.91 Å². The number of allylic oxidation sites excluding steroid dienone is 1. The zero-order chi connectivity index (χ0) is 11.5. The summed E-state index contributed by atoms with van der Waals surface area (Å²) in [6.45, 7) is 4.01. The Morgan fingerprint density at radius 1 is 1.56 bits per heavy atom. The van der Waals surface area contributed by atoms with Crippen molar-refractivity contribution >= 4 is 5.91 Å². The summed E-state index contributed by atoms with van der Waals surface area (Å²) in [5.74, 6) is 0.0729. The number of nitrogens with one attached hydrogen (secondary N) is 2. The van der Waals surface area contributed by atoms with Crippen LogP contribution in [0.3, 0.4) is 0 Å². The van der Waals surface area contributed by atoms with Crippen LogP contribution in [0.1, 0.15) is 44.7 Å². The lowest BCUT2D eigenvalue weighted by Gasteiger charge is -2.13. The van der Waals surface area contributed by atoms with Crippen molar-refractivity contribution < 1.29 is 4.79 Å². The number of carbonyl (C=O) groups is 1. The number of rotatable bonds is 3. The molecule has 0 fully saturated rings. The van der Waals surface area contributed by atoms with E-state index >= 15 is 0 Å². The normalized spacial score (nSPS) is 17.6. The standard InChI is InChI=1S/C12H17N3O/c1-8-4-3-5-11(8)12(16)15-9(2)10-6-13-14-7-10/h6-7,9H,3-5H2,1-2H3,(H,13,14)(H,15,16). The predicted octanol–water partition coefficient (Wildman–Crippen LogP) is 2.09. The number of hydrogen-bond acceptors (Lipinski definition) is 2. The van der Waals surface area contributed by atoms with E-state index in [9.17, 15) is 4.79 Å². The summed E-state index contributed by atoms with van der Waals surface area (Å²) in [5, 5.41) is 9.62. The highest BCUT2D eigenvalue weighted by Gasteiger charge is 2.19. The Bertz CT molecular complexity index is 406. The summed E-state index contributed by atoms with van der Waals surface area (Å²) in [6, 6.07) is 0.00662. The lowest BCUT2D eigenvalue weighted by atomic mass is 10.1. The third-order valence-electron chi connectivity index (χ3n) is 3.13. The fraction of sp³-hybridized carbons (Fsp3) is 0.500. The average Bonchev–Trinajstić information content (AvgIpc) is 2.86. The molecule has 1 aliphatic carbocycles. The molecule has 1 aromatic rings. The van der Waals surface area contributed by atoms with Gasteiger partial charge < -0.3 is 5.32 Å². The smallest absolute Gasteiger partial charge is 0.247 e. The molecule has 0 bridgehead atoms. The van der Waals surface area contributed by atoms with Crippen LogP contribution in [-0.2, 0) is 4.79 Å². The van der Waals surface area contributed by atoms with Gasteiger partial charge in [-0.3, -0.25) is 9.89 Å². The van der Waals surface area contributed by atoms with Gasteiger partial charge in [0.25, 0.3) is 0 Å². The Labute approximate surface area is 95.1 Å². The number of aromatic nitrogens is 2. The Kier molecular flexibility index (Phi) is 3.08. The Hall–Kier alpha value is -1.58. The van der Waals surface area contributed by atoms with Crippen molar-refractivity contribution in [1.29, 1.82) is 0 Å². The van der Waals surface area contributed by atoms with Crippen molar-refractivity contribution in [2.45, 2.75) is 39.2 Å². The molecule has 86 valence electrons. The number of nitrogens with zero attached hydrogens (tertiary/aromatic N) is 1. The largest absolute Gasteiger partial charge is 0.346 e. The molecule has 0 aromatic carbocycles. The Morgan fingerprint density at radius 2 is 2.38 bits per heavy atom. The lowest BCUT2D eigenvalue weighted by molar-refractivity contribution is -0.118. The van der Waals surface area contributed by atoms with E-state index in [0.29, 0.717) is 0 Å². The van der Waals surface area contributed by atoms with Crippen molar-refractivity contribution in [3.8, 4) is 0 Å². The van der Waals surface area contributed by atoms with Crippen LogP contribution in [0.5, 0.6) is 0 Å². The summed E-state index contributed by atoms with van der Waals surface area (Å²) >= 11 is 0. The second-order valence-corrected chi connectivity index (χ2v) is 4.34. The van der Waals surface area contributed by atoms with Gasteiger partial charge in [0.05, 0.1) is 12.2 Å². The first-order valence-corrected chi connectivity index (χ1v) is 5.66. The van der Waals surface area contributed by atoms with Crippen LogP contribution in [0.2, 0.25) is 0 Å². The molecule has 4 heteroatoms. The van der Waals surface area contributed by atoms with Crippen LogP contribution in [0.15, 0.2) is 23.5 Å². The van der Waals surface area contributed by atoms with E-state index in [0.717, 1.165) is 30.4 Å². The van der Waals surface area contributed by atoms with Crippen molar-refractivity contribution in [2.24, 2.45) is 0 Å². The summed E-state index contributed by atoms with van der Waals surface area (Å²) in [5.41, 5.74) is 3.21. The second kappa shape index (κ2) is 4.51. The van der Waals surface area contributed by atoms with Gasteiger partial charge in [-0.1, -0.05) is 5.57 Å². The molecule has 2 N–H and O–H groups in total. The van der Waals surface area contributed by atoms with Crippen LogP contribution in [-0.4, -0.2) is 16.1 Å². The van der Waals surface area contributed by atoms with Crippen molar-refractivity contribution in [2.75, 3.05) is 0 Å². The molecule has 1 atom stereocenters. The molecule has 0 spiro atoms. The second-order valence-electron chi connectivity index (χ2n) is 4.34. The van der Waals surface area contributed by atoms with E-state index in [4.69, 9.17) is 0 Å². The highest BCUT2D eigenvalue weighted by molar-refractivity contribution is 5.94. The third-order valence-corrected chi connectivity index (χ3v) is 3.13. The molecule has 1 amide bonds. The van der Waals surface area contributed by atoms with Gasteiger partial charge in [-0.15, -0.1) is 0 Å². The van der Waals surface area contributed by atoms with Crippen molar-refractivity contribution in [3.63, 3.8) is 0 Å². The first-order chi connectivity index (χ1) is 7.68. The zero-order valence-corrected chi connectivity index (χ0v) is 9.71. The maximum Gasteiger partial charge on any atom is 0.247 e. The average molecular weight is 219 g/mol. The molecule has 0 saturated carbocycles. The highest BCUT2D eigenvalue weighted by atomic mass is 16.1. The minimum Gasteiger partial charge on any atom is -0.346 e. The molecule has 1 unspecified atom stereocenters. The number of hydrogen-bond donors (Lipinski definition) is 2. The fourth-order valence-corrected chi connectivity index (χ4v) is 2.07. The zero-order valence-electron chi connectivity index (χ0n) is 9.71. The van der Waals surface area contributed by atoms with E-state index in [2.05, 4.69) is 15.5 Å². The predicted molar refractivity (Wildman–Crippen MR) is 61.7 cm³/mol. The molecule has 1 heterocycles. The maximum absolute atomic E-state index is 12.0. The Balaban J connectivity index is 2.00. The van der Waals surface area contributed by atoms with Crippen molar-refractivity contribution in [1.82, 2.24) is 15.5 Å². The molecule has 4 nitrogen and oxygen atoms in total. The molecule has 0 aliphatic heterocycles. The van der Waals surface area contributed by atoms with Gasteiger partial charge in [0, 0.05) is 17.3 Å². The van der Waals surface area contributed by atoms with E-state index in [1.165, 1.54) is 5.57 Å². The van der Waals surface area contributed by atoms with E-state index in [-0.39, 0.29) is 11.9 Å². The molecule has 16 heavy (non-hydrogen) atoms. The fourth-order valence-electron chi connectivity index (χ4n) is 2.07. The summed E-state index contributed by atoms with van der Waals surface area (Å²) in [7, 11) is 0. The van der Waals surface area contributed by atoms with Gasteiger partial charge in [-0.2, -0.15) is 5.10 Å². The van der Waals surface area contributed by atoms with Gasteiger partial charge in [0.15, 0.2) is 0 Å². The Morgan fingerprint density at radius 3 is 2.94 bits per heavy atom. The van der Waals surface area contributed by atoms with Gasteiger partial charge in [0.1, 0.15) is 0 Å². The van der Waals surface area contributed by atoms with E-state index in [1.807, 2.05) is 13.8 Å².